The zero-order chi connectivity index (χ0) is 11.5. The number of morpholine rings is 1. The van der Waals surface area contributed by atoms with E-state index in [2.05, 4.69) is 0 Å². The molecule has 0 unspecified atom stereocenters. The summed E-state index contributed by atoms with van der Waals surface area (Å²) in [6.07, 6.45) is 0.679. The van der Waals surface area contributed by atoms with Crippen LogP contribution in [0.5, 0.6) is 0 Å². The summed E-state index contributed by atoms with van der Waals surface area (Å²) in [5, 5.41) is 2.01. The van der Waals surface area contributed by atoms with Gasteiger partial charge in [0.25, 0.3) is 0 Å². The molecule has 1 aliphatic rings. The number of hydrogen-bond donors (Lipinski definition) is 0. The minimum Gasteiger partial charge on any atom is -0.375 e. The Morgan fingerprint density at radius 1 is 1.62 bits per heavy atom. The minimum atomic E-state index is 0.156. The molecule has 0 spiro atoms. The largest absolute Gasteiger partial charge is 0.375 e. The molecule has 1 fully saturated rings. The first-order chi connectivity index (χ1) is 7.66. The second-order valence-electron chi connectivity index (χ2n) is 4.30. The fraction of sp³-hybridized carbons (Fsp3) is 0.583. The van der Waals surface area contributed by atoms with Gasteiger partial charge in [0.2, 0.25) is 5.91 Å². The zero-order valence-corrected chi connectivity index (χ0v) is 10.5. The van der Waals surface area contributed by atoms with E-state index in [9.17, 15) is 4.79 Å². The molecule has 0 aromatic carbocycles. The second kappa shape index (κ2) is 4.97. The van der Waals surface area contributed by atoms with Gasteiger partial charge in [-0.05, 0) is 25.3 Å². The quantitative estimate of drug-likeness (QED) is 0.789. The summed E-state index contributed by atoms with van der Waals surface area (Å²) >= 11 is 1.64. The van der Waals surface area contributed by atoms with Crippen LogP contribution in [0.25, 0.3) is 0 Å². The minimum absolute atomic E-state index is 0.156. The van der Waals surface area contributed by atoms with Crippen LogP contribution in [0.3, 0.4) is 0 Å². The number of thiophene rings is 1. The highest BCUT2D eigenvalue weighted by Crippen LogP contribution is 2.15. The van der Waals surface area contributed by atoms with Gasteiger partial charge in [-0.25, -0.2) is 0 Å². The lowest BCUT2D eigenvalue weighted by molar-refractivity contribution is -0.142. The smallest absolute Gasteiger partial charge is 0.228 e. The molecule has 0 radical (unpaired) electrons. The van der Waals surface area contributed by atoms with E-state index in [1.807, 2.05) is 36.3 Å². The summed E-state index contributed by atoms with van der Waals surface area (Å²) in [5.41, 5.74) is 0. The van der Waals surface area contributed by atoms with E-state index in [0.717, 1.165) is 4.88 Å². The fourth-order valence-electron chi connectivity index (χ4n) is 1.91. The molecule has 2 rings (SSSR count). The molecule has 2 heterocycles. The van der Waals surface area contributed by atoms with Crippen LogP contribution < -0.4 is 0 Å². The Kier molecular flexibility index (Phi) is 3.61. The van der Waals surface area contributed by atoms with Crippen molar-refractivity contribution in [1.29, 1.82) is 0 Å². The van der Waals surface area contributed by atoms with Crippen LogP contribution in [-0.4, -0.2) is 36.1 Å². The molecule has 0 aliphatic carbocycles. The van der Waals surface area contributed by atoms with Crippen molar-refractivity contribution in [2.75, 3.05) is 13.2 Å². The lowest BCUT2D eigenvalue weighted by Crippen LogP contribution is -2.50. The van der Waals surface area contributed by atoms with Crippen molar-refractivity contribution in [3.8, 4) is 0 Å². The Morgan fingerprint density at radius 2 is 2.44 bits per heavy atom. The van der Waals surface area contributed by atoms with E-state index in [-0.39, 0.29) is 18.1 Å². The Balaban J connectivity index is 1.97. The molecule has 1 aromatic heterocycles. The summed E-state index contributed by atoms with van der Waals surface area (Å²) in [5.74, 6) is 0.213. The molecule has 1 aromatic rings. The van der Waals surface area contributed by atoms with Crippen LogP contribution in [-0.2, 0) is 16.0 Å². The Labute approximate surface area is 100 Å². The average Bonchev–Trinajstić information content (AvgIpc) is 2.74. The number of carbonyl (C=O) groups excluding carboxylic acids is 1. The molecule has 4 heteroatoms. The zero-order valence-electron chi connectivity index (χ0n) is 9.68. The molecular weight excluding hydrogens is 222 g/mol. The molecule has 0 N–H and O–H groups in total. The van der Waals surface area contributed by atoms with Gasteiger partial charge in [-0.3, -0.25) is 4.79 Å². The van der Waals surface area contributed by atoms with E-state index in [1.165, 1.54) is 0 Å². The number of rotatable bonds is 2. The van der Waals surface area contributed by atoms with Crippen LogP contribution >= 0.6 is 11.3 Å². The van der Waals surface area contributed by atoms with Gasteiger partial charge in [0.05, 0.1) is 25.2 Å². The van der Waals surface area contributed by atoms with E-state index < -0.39 is 0 Å². The molecule has 2 atom stereocenters. The summed E-state index contributed by atoms with van der Waals surface area (Å²) < 4.78 is 5.51. The van der Waals surface area contributed by atoms with Crippen molar-refractivity contribution < 1.29 is 9.53 Å². The van der Waals surface area contributed by atoms with E-state index in [0.29, 0.717) is 19.6 Å². The maximum absolute atomic E-state index is 12.1. The van der Waals surface area contributed by atoms with Crippen molar-refractivity contribution in [2.24, 2.45) is 0 Å². The summed E-state index contributed by atoms with van der Waals surface area (Å²) in [4.78, 5) is 15.2. The van der Waals surface area contributed by atoms with Crippen LogP contribution in [0.4, 0.5) is 0 Å². The number of amides is 1. The van der Waals surface area contributed by atoms with Crippen molar-refractivity contribution >= 4 is 17.2 Å². The Hall–Kier alpha value is -0.870. The molecule has 1 aliphatic heterocycles. The van der Waals surface area contributed by atoms with Crippen LogP contribution in [0.2, 0.25) is 0 Å². The highest BCUT2D eigenvalue weighted by molar-refractivity contribution is 7.10. The third kappa shape index (κ3) is 2.62. The first-order valence-corrected chi connectivity index (χ1v) is 6.48. The summed E-state index contributed by atoms with van der Waals surface area (Å²) in [7, 11) is 0. The summed E-state index contributed by atoms with van der Waals surface area (Å²) in [6, 6.07) is 4.19. The fourth-order valence-corrected chi connectivity index (χ4v) is 2.61. The topological polar surface area (TPSA) is 29.5 Å². The lowest BCUT2D eigenvalue weighted by atomic mass is 10.2. The van der Waals surface area contributed by atoms with Crippen molar-refractivity contribution in [1.82, 2.24) is 4.90 Å². The predicted molar refractivity (Wildman–Crippen MR) is 64.6 cm³/mol. The Bertz CT molecular complexity index is 350. The number of hydrogen-bond acceptors (Lipinski definition) is 3. The molecular formula is C12H17NO2S. The third-order valence-electron chi connectivity index (χ3n) is 2.83. The van der Waals surface area contributed by atoms with Gasteiger partial charge < -0.3 is 9.64 Å². The second-order valence-corrected chi connectivity index (χ2v) is 5.33. The van der Waals surface area contributed by atoms with Gasteiger partial charge in [-0.1, -0.05) is 6.07 Å². The maximum Gasteiger partial charge on any atom is 0.228 e. The molecule has 0 saturated carbocycles. The van der Waals surface area contributed by atoms with Gasteiger partial charge in [0.1, 0.15) is 0 Å². The molecule has 88 valence electrons. The van der Waals surface area contributed by atoms with Gasteiger partial charge in [0, 0.05) is 11.4 Å². The number of ether oxygens (including phenoxy) is 1. The van der Waals surface area contributed by atoms with Crippen LogP contribution in [0.15, 0.2) is 17.5 Å². The van der Waals surface area contributed by atoms with Crippen molar-refractivity contribution in [3.63, 3.8) is 0 Å². The highest BCUT2D eigenvalue weighted by Gasteiger charge is 2.27. The first-order valence-electron chi connectivity index (χ1n) is 5.60. The van der Waals surface area contributed by atoms with Gasteiger partial charge in [-0.15, -0.1) is 11.3 Å². The van der Waals surface area contributed by atoms with Crippen molar-refractivity contribution in [3.05, 3.63) is 22.4 Å². The first kappa shape index (κ1) is 11.6. The monoisotopic (exact) mass is 239 g/mol. The molecule has 0 bridgehead atoms. The van der Waals surface area contributed by atoms with Gasteiger partial charge >= 0.3 is 0 Å². The maximum atomic E-state index is 12.1. The Morgan fingerprint density at radius 3 is 3.12 bits per heavy atom. The SMILES string of the molecule is C[C@@H]1CO[C@@H](C)CN1C(=O)Cc1cccs1. The number of carbonyl (C=O) groups is 1. The molecule has 3 nitrogen and oxygen atoms in total. The van der Waals surface area contributed by atoms with E-state index >= 15 is 0 Å². The van der Waals surface area contributed by atoms with E-state index in [4.69, 9.17) is 4.74 Å². The van der Waals surface area contributed by atoms with Crippen LogP contribution in [0.1, 0.15) is 18.7 Å². The standard InChI is InChI=1S/C12H17NO2S/c1-9-8-15-10(2)7-13(9)12(14)6-11-4-3-5-16-11/h3-5,9-10H,6-8H2,1-2H3/t9-,10+/m1/s1. The van der Waals surface area contributed by atoms with Gasteiger partial charge in [-0.2, -0.15) is 0 Å². The van der Waals surface area contributed by atoms with E-state index in [1.54, 1.807) is 11.3 Å². The van der Waals surface area contributed by atoms with Crippen molar-refractivity contribution in [2.45, 2.75) is 32.4 Å². The molecule has 1 saturated heterocycles. The number of nitrogens with zero attached hydrogens (tertiary/aromatic N) is 1. The lowest BCUT2D eigenvalue weighted by Gasteiger charge is -2.36. The average molecular weight is 239 g/mol. The highest BCUT2D eigenvalue weighted by atomic mass is 32.1. The molecule has 16 heavy (non-hydrogen) atoms. The van der Waals surface area contributed by atoms with Gasteiger partial charge in [0.15, 0.2) is 0 Å². The van der Waals surface area contributed by atoms with Crippen LogP contribution in [0, 0.1) is 0 Å². The third-order valence-corrected chi connectivity index (χ3v) is 3.71. The normalized spacial score (nSPS) is 25.8. The molecule has 1 amide bonds. The summed E-state index contributed by atoms with van der Waals surface area (Å²) in [6.45, 7) is 5.41. The predicted octanol–water partition coefficient (Wildman–Crippen LogP) is 1.93.